The Morgan fingerprint density at radius 1 is 0.927 bits per heavy atom. The molecule has 0 aromatic heterocycles. The number of aliphatic hydroxyl groups is 1. The maximum absolute atomic E-state index is 12.9. The van der Waals surface area contributed by atoms with Crippen molar-refractivity contribution in [3.63, 3.8) is 0 Å². The van der Waals surface area contributed by atoms with Crippen molar-refractivity contribution in [2.45, 2.75) is 123 Å². The van der Waals surface area contributed by atoms with Gasteiger partial charge in [-0.05, 0) is 44.1 Å². The summed E-state index contributed by atoms with van der Waals surface area (Å²) in [5.41, 5.74) is 0. The fourth-order valence-corrected chi connectivity index (χ4v) is 6.56. The number of hydrogen-bond donors (Lipinski definition) is 3. The molecule has 0 bridgehead atoms. The largest absolute Gasteiger partial charge is 0.472 e. The lowest BCUT2D eigenvalue weighted by Gasteiger charge is -2.26. The molecule has 1 unspecified atom stereocenters. The van der Waals surface area contributed by atoms with Crippen molar-refractivity contribution >= 4 is 25.4 Å². The van der Waals surface area contributed by atoms with Crippen molar-refractivity contribution < 1.29 is 38.0 Å². The fourth-order valence-electron chi connectivity index (χ4n) is 5.61. The highest BCUT2D eigenvalue weighted by molar-refractivity contribution is 7.47. The Labute approximate surface area is 246 Å². The average Bonchev–Trinajstić information content (AvgIpc) is 3.48. The summed E-state index contributed by atoms with van der Waals surface area (Å²) in [6, 6.07) is -0.480. The van der Waals surface area contributed by atoms with Crippen LogP contribution in [-0.4, -0.2) is 94.5 Å². The van der Waals surface area contributed by atoms with Crippen molar-refractivity contribution in [2.75, 3.05) is 32.8 Å². The molecule has 11 nitrogen and oxygen atoms in total. The van der Waals surface area contributed by atoms with Crippen LogP contribution in [0.3, 0.4) is 0 Å². The van der Waals surface area contributed by atoms with Gasteiger partial charge >= 0.3 is 7.82 Å². The third kappa shape index (κ3) is 13.2. The monoisotopic (exact) mass is 603 g/mol. The highest BCUT2D eigenvalue weighted by Gasteiger charge is 2.40. The number of aliphatic hydroxyl groups excluding tert-OH is 1. The number of Topliss-reactive ketones (excluding diaryl/α,β-unsaturated/α-hetero) is 1. The van der Waals surface area contributed by atoms with E-state index in [0.717, 1.165) is 32.2 Å². The SMILES string of the molecule is CC(C)CCCCC(=O)N1C[C@H](OP(=O)(O)OC[C@@H]2C[C@@H](C)CN2C(=O)CCC(=O)CCCNC(C)C)C[C@@H]1CO. The van der Waals surface area contributed by atoms with Gasteiger partial charge in [0.25, 0.3) is 0 Å². The molecule has 2 aliphatic heterocycles. The molecule has 0 aromatic carbocycles. The van der Waals surface area contributed by atoms with E-state index >= 15 is 0 Å². The van der Waals surface area contributed by atoms with Crippen LogP contribution in [0.15, 0.2) is 0 Å². The van der Waals surface area contributed by atoms with Crippen LogP contribution in [0.5, 0.6) is 0 Å². The third-order valence-electron chi connectivity index (χ3n) is 7.79. The number of unbranched alkanes of at least 4 members (excludes halogenated alkanes) is 1. The number of carbonyl (C=O) groups is 3. The van der Waals surface area contributed by atoms with E-state index in [1.807, 2.05) is 20.8 Å². The topological polar surface area (TPSA) is 146 Å². The lowest BCUT2D eigenvalue weighted by molar-refractivity contribution is -0.134. The second kappa shape index (κ2) is 17.7. The van der Waals surface area contributed by atoms with Gasteiger partial charge in [-0.1, -0.05) is 47.5 Å². The first-order valence-corrected chi connectivity index (χ1v) is 16.9. The van der Waals surface area contributed by atoms with Gasteiger partial charge in [0.05, 0.1) is 31.4 Å². The summed E-state index contributed by atoms with van der Waals surface area (Å²) >= 11 is 0. The quantitative estimate of drug-likeness (QED) is 0.149. The van der Waals surface area contributed by atoms with E-state index in [-0.39, 0.29) is 68.6 Å². The van der Waals surface area contributed by atoms with Crippen LogP contribution in [0.1, 0.15) is 98.8 Å². The lowest BCUT2D eigenvalue weighted by atomic mass is 10.1. The number of hydrogen-bond acceptors (Lipinski definition) is 8. The molecule has 2 saturated heterocycles. The summed E-state index contributed by atoms with van der Waals surface area (Å²) < 4.78 is 23.6. The number of amides is 2. The van der Waals surface area contributed by atoms with Crippen molar-refractivity contribution in [1.29, 1.82) is 0 Å². The molecule has 2 aliphatic rings. The van der Waals surface area contributed by atoms with Gasteiger partial charge in [-0.25, -0.2) is 4.57 Å². The first-order valence-electron chi connectivity index (χ1n) is 15.4. The molecule has 0 radical (unpaired) electrons. The van der Waals surface area contributed by atoms with Gasteiger partial charge in [-0.2, -0.15) is 0 Å². The van der Waals surface area contributed by atoms with E-state index < -0.39 is 20.0 Å². The minimum absolute atomic E-state index is 0.0537. The van der Waals surface area contributed by atoms with Gasteiger partial charge in [-0.15, -0.1) is 0 Å². The zero-order valence-electron chi connectivity index (χ0n) is 25.8. The normalized spacial score (nSPS) is 24.4. The van der Waals surface area contributed by atoms with Crippen LogP contribution in [0.4, 0.5) is 0 Å². The molecular weight excluding hydrogens is 549 g/mol. The zero-order valence-corrected chi connectivity index (χ0v) is 26.7. The van der Waals surface area contributed by atoms with Gasteiger partial charge < -0.3 is 25.1 Å². The Kier molecular flexibility index (Phi) is 15.5. The Morgan fingerprint density at radius 2 is 1.61 bits per heavy atom. The molecule has 3 N–H and O–H groups in total. The number of ketones is 1. The van der Waals surface area contributed by atoms with Gasteiger partial charge in [0.1, 0.15) is 5.78 Å². The van der Waals surface area contributed by atoms with Crippen molar-refractivity contribution in [3.05, 3.63) is 0 Å². The number of carbonyl (C=O) groups excluding carboxylic acids is 3. The number of likely N-dealkylation sites (tertiary alicyclic amines) is 2. The van der Waals surface area contributed by atoms with Gasteiger partial charge in [0, 0.05) is 44.8 Å². The molecule has 41 heavy (non-hydrogen) atoms. The molecular formula is C29H54N3O8P. The van der Waals surface area contributed by atoms with Crippen LogP contribution >= 0.6 is 7.82 Å². The maximum atomic E-state index is 12.9. The van der Waals surface area contributed by atoms with Gasteiger partial charge in [0.15, 0.2) is 0 Å². The van der Waals surface area contributed by atoms with E-state index in [4.69, 9.17) is 9.05 Å². The molecule has 0 spiro atoms. The Hall–Kier alpha value is -1.36. The van der Waals surface area contributed by atoms with Crippen LogP contribution in [-0.2, 0) is 28.0 Å². The predicted molar refractivity (Wildman–Crippen MR) is 157 cm³/mol. The minimum Gasteiger partial charge on any atom is -0.394 e. The summed E-state index contributed by atoms with van der Waals surface area (Å²) in [7, 11) is -4.47. The standard InChI is InChI=1S/C29H54N3O8P/c1-21(2)9-6-7-11-28(35)32-18-27(16-24(32)19-33)40-41(37,38)39-20-25-15-23(5)17-31(25)29(36)13-12-26(34)10-8-14-30-22(3)4/h21-25,27,30,33H,6-20H2,1-5H3,(H,37,38)/t23-,24-,25+,27-/m1/s1. The second-order valence-electron chi connectivity index (χ2n) is 12.5. The van der Waals surface area contributed by atoms with E-state index in [0.29, 0.717) is 37.8 Å². The zero-order chi connectivity index (χ0) is 30.6. The summed E-state index contributed by atoms with van der Waals surface area (Å²) in [5, 5.41) is 13.0. The number of nitrogens with zero attached hydrogens (tertiary/aromatic N) is 2. The molecule has 2 amide bonds. The Bertz CT molecular complexity index is 886. The molecule has 2 rings (SSSR count). The number of rotatable bonds is 19. The van der Waals surface area contributed by atoms with Crippen molar-refractivity contribution in [3.8, 4) is 0 Å². The minimum atomic E-state index is -4.47. The highest BCUT2D eigenvalue weighted by atomic mass is 31.2. The Balaban J connectivity index is 1.80. The number of phosphoric ester groups is 1. The van der Waals surface area contributed by atoms with E-state index in [2.05, 4.69) is 19.2 Å². The smallest absolute Gasteiger partial charge is 0.394 e. The predicted octanol–water partition coefficient (Wildman–Crippen LogP) is 3.66. The van der Waals surface area contributed by atoms with Crippen molar-refractivity contribution in [1.82, 2.24) is 15.1 Å². The molecule has 0 saturated carbocycles. The molecule has 0 aliphatic carbocycles. The highest BCUT2D eigenvalue weighted by Crippen LogP contribution is 2.47. The Morgan fingerprint density at radius 3 is 2.27 bits per heavy atom. The lowest BCUT2D eigenvalue weighted by Crippen LogP contribution is -2.38. The molecule has 0 aromatic rings. The average molecular weight is 604 g/mol. The van der Waals surface area contributed by atoms with Crippen molar-refractivity contribution in [2.24, 2.45) is 11.8 Å². The fraction of sp³-hybridized carbons (Fsp3) is 0.897. The summed E-state index contributed by atoms with van der Waals surface area (Å²) in [5.74, 6) is 0.581. The van der Waals surface area contributed by atoms with E-state index in [1.165, 1.54) is 0 Å². The van der Waals surface area contributed by atoms with Crippen LogP contribution in [0, 0.1) is 11.8 Å². The molecule has 2 heterocycles. The second-order valence-corrected chi connectivity index (χ2v) is 13.9. The maximum Gasteiger partial charge on any atom is 0.472 e. The molecule has 2 fully saturated rings. The van der Waals surface area contributed by atoms with Crippen LogP contribution in [0.2, 0.25) is 0 Å². The number of phosphoric acid groups is 1. The van der Waals surface area contributed by atoms with E-state index in [9.17, 15) is 28.9 Å². The van der Waals surface area contributed by atoms with E-state index in [1.54, 1.807) is 9.80 Å². The number of nitrogens with one attached hydrogen (secondary N) is 1. The van der Waals surface area contributed by atoms with Crippen LogP contribution in [0.25, 0.3) is 0 Å². The first-order chi connectivity index (χ1) is 19.3. The van der Waals surface area contributed by atoms with Gasteiger partial charge in [-0.3, -0.25) is 23.4 Å². The first kappa shape index (κ1) is 35.8. The van der Waals surface area contributed by atoms with Gasteiger partial charge in [0.2, 0.25) is 11.8 Å². The molecule has 238 valence electrons. The molecule has 12 heteroatoms. The summed E-state index contributed by atoms with van der Waals surface area (Å²) in [6.45, 7) is 11.4. The van der Waals surface area contributed by atoms with Crippen LogP contribution < -0.4 is 5.32 Å². The summed E-state index contributed by atoms with van der Waals surface area (Å²) in [6.07, 6.45) is 4.72. The third-order valence-corrected chi connectivity index (χ3v) is 8.83. The molecule has 5 atom stereocenters. The summed E-state index contributed by atoms with van der Waals surface area (Å²) in [4.78, 5) is 51.5.